The number of benzene rings is 2. The van der Waals surface area contributed by atoms with E-state index in [2.05, 4.69) is 10.3 Å². The van der Waals surface area contributed by atoms with E-state index in [-0.39, 0.29) is 5.69 Å². The van der Waals surface area contributed by atoms with Gasteiger partial charge in [-0.3, -0.25) is 9.78 Å². The average Bonchev–Trinajstić information content (AvgIpc) is 3.18. The molecule has 0 saturated heterocycles. The first-order chi connectivity index (χ1) is 15.4. The Hall–Kier alpha value is -3.26. The first kappa shape index (κ1) is 22.0. The number of thioether (sulfide) groups is 1. The van der Waals surface area contributed by atoms with Gasteiger partial charge in [-0.2, -0.15) is 13.2 Å². The average molecular weight is 456 g/mol. The number of pyridine rings is 1. The molecule has 2 aromatic carbocycles. The van der Waals surface area contributed by atoms with Crippen LogP contribution in [0.1, 0.15) is 28.4 Å². The molecule has 4 aromatic rings. The Morgan fingerprint density at radius 1 is 1.09 bits per heavy atom. The fraction of sp³-hybridized carbons (Fsp3) is 0.167. The van der Waals surface area contributed by atoms with E-state index in [4.69, 9.17) is 0 Å². The minimum absolute atomic E-state index is 0.101. The van der Waals surface area contributed by atoms with Gasteiger partial charge in [0.25, 0.3) is 5.91 Å². The van der Waals surface area contributed by atoms with Crippen molar-refractivity contribution >= 4 is 34.3 Å². The normalized spacial score (nSPS) is 11.6. The summed E-state index contributed by atoms with van der Waals surface area (Å²) in [5.41, 5.74) is 1.73. The number of hydrogen-bond donors (Lipinski definition) is 1. The highest BCUT2D eigenvalue weighted by molar-refractivity contribution is 7.98. The van der Waals surface area contributed by atoms with Crippen molar-refractivity contribution in [3.8, 4) is 0 Å². The third kappa shape index (κ3) is 4.65. The van der Waals surface area contributed by atoms with E-state index in [9.17, 15) is 18.0 Å². The third-order valence-corrected chi connectivity index (χ3v) is 6.17. The van der Waals surface area contributed by atoms with Crippen LogP contribution >= 0.6 is 11.8 Å². The first-order valence-corrected chi connectivity index (χ1v) is 11.0. The van der Waals surface area contributed by atoms with E-state index in [1.807, 2.05) is 41.8 Å². The number of rotatable bonds is 6. The van der Waals surface area contributed by atoms with E-state index >= 15 is 0 Å². The number of amides is 1. The second kappa shape index (κ2) is 9.08. The summed E-state index contributed by atoms with van der Waals surface area (Å²) < 4.78 is 41.1. The number of hydrogen-bond acceptors (Lipinski definition) is 3. The van der Waals surface area contributed by atoms with Crippen LogP contribution < -0.4 is 5.32 Å². The van der Waals surface area contributed by atoms with Gasteiger partial charge in [-0.15, -0.1) is 11.8 Å². The number of anilines is 1. The topological polar surface area (TPSA) is 46.9 Å². The van der Waals surface area contributed by atoms with Crippen LogP contribution in [0.4, 0.5) is 18.9 Å². The van der Waals surface area contributed by atoms with Gasteiger partial charge < -0.3 is 9.88 Å². The number of halogens is 3. The van der Waals surface area contributed by atoms with E-state index in [0.717, 1.165) is 33.5 Å². The molecule has 1 amide bonds. The van der Waals surface area contributed by atoms with Crippen molar-refractivity contribution in [2.75, 3.05) is 5.32 Å². The highest BCUT2D eigenvalue weighted by Crippen LogP contribution is 2.35. The summed E-state index contributed by atoms with van der Waals surface area (Å²) in [5, 5.41) is 3.42. The Morgan fingerprint density at radius 3 is 2.56 bits per heavy atom. The Labute approximate surface area is 187 Å². The zero-order valence-corrected chi connectivity index (χ0v) is 18.0. The van der Waals surface area contributed by atoms with Gasteiger partial charge in [0, 0.05) is 52.4 Å². The van der Waals surface area contributed by atoms with Crippen LogP contribution in [-0.2, 0) is 18.5 Å². The van der Waals surface area contributed by atoms with Crippen molar-refractivity contribution in [3.63, 3.8) is 0 Å². The van der Waals surface area contributed by atoms with Crippen molar-refractivity contribution < 1.29 is 18.0 Å². The molecule has 0 radical (unpaired) electrons. The van der Waals surface area contributed by atoms with Gasteiger partial charge in [0.05, 0.1) is 11.1 Å². The standard InChI is InChI=1S/C24H20F3N3OS/c1-2-30-14-19(23(31)29-18-6-3-5-17(13-18)24(25,26)27)22-20(30)7-4-8-21(22)32-15-16-9-11-28-12-10-16/h3-14H,2,15H2,1H3,(H,29,31). The van der Waals surface area contributed by atoms with Crippen molar-refractivity contribution in [3.05, 3.63) is 89.9 Å². The molecule has 0 aliphatic carbocycles. The summed E-state index contributed by atoms with van der Waals surface area (Å²) in [6, 6.07) is 14.4. The lowest BCUT2D eigenvalue weighted by molar-refractivity contribution is -0.137. The quantitative estimate of drug-likeness (QED) is 0.332. The zero-order valence-electron chi connectivity index (χ0n) is 17.2. The molecule has 0 spiro atoms. The smallest absolute Gasteiger partial charge is 0.347 e. The number of nitrogens with zero attached hydrogens (tertiary/aromatic N) is 2. The Bertz CT molecular complexity index is 1250. The molecule has 4 nitrogen and oxygen atoms in total. The summed E-state index contributed by atoms with van der Waals surface area (Å²) in [4.78, 5) is 18.1. The van der Waals surface area contributed by atoms with Crippen LogP contribution in [0.2, 0.25) is 0 Å². The highest BCUT2D eigenvalue weighted by Gasteiger charge is 2.30. The van der Waals surface area contributed by atoms with Gasteiger partial charge in [0.2, 0.25) is 0 Å². The monoisotopic (exact) mass is 455 g/mol. The van der Waals surface area contributed by atoms with Crippen LogP contribution in [0.15, 0.2) is 78.1 Å². The second-order valence-electron chi connectivity index (χ2n) is 7.16. The lowest BCUT2D eigenvalue weighted by Gasteiger charge is -2.10. The molecule has 2 aromatic heterocycles. The number of alkyl halides is 3. The van der Waals surface area contributed by atoms with E-state index in [0.29, 0.717) is 17.9 Å². The number of fused-ring (bicyclic) bond motifs is 1. The van der Waals surface area contributed by atoms with Crippen molar-refractivity contribution in [1.82, 2.24) is 9.55 Å². The molecule has 4 rings (SSSR count). The molecule has 0 atom stereocenters. The molecule has 0 aliphatic heterocycles. The minimum atomic E-state index is -4.48. The number of aryl methyl sites for hydroxylation is 1. The summed E-state index contributed by atoms with van der Waals surface area (Å²) in [7, 11) is 0. The van der Waals surface area contributed by atoms with Crippen LogP contribution in [0, 0.1) is 0 Å². The number of aromatic nitrogens is 2. The predicted octanol–water partition coefficient (Wildman–Crippen LogP) is 6.62. The Balaban J connectivity index is 1.68. The molecular weight excluding hydrogens is 435 g/mol. The van der Waals surface area contributed by atoms with Gasteiger partial charge in [-0.25, -0.2) is 0 Å². The Morgan fingerprint density at radius 2 is 1.84 bits per heavy atom. The van der Waals surface area contributed by atoms with Gasteiger partial charge in [0.1, 0.15) is 0 Å². The van der Waals surface area contributed by atoms with Crippen LogP contribution in [0.25, 0.3) is 10.9 Å². The van der Waals surface area contributed by atoms with E-state index < -0.39 is 17.6 Å². The fourth-order valence-corrected chi connectivity index (χ4v) is 4.53. The first-order valence-electron chi connectivity index (χ1n) is 9.99. The van der Waals surface area contributed by atoms with E-state index in [1.165, 1.54) is 12.1 Å². The molecule has 8 heteroatoms. The van der Waals surface area contributed by atoms with Crippen LogP contribution in [-0.4, -0.2) is 15.5 Å². The van der Waals surface area contributed by atoms with Gasteiger partial charge in [-0.05, 0) is 55.0 Å². The molecule has 164 valence electrons. The maximum Gasteiger partial charge on any atom is 0.416 e. The molecule has 32 heavy (non-hydrogen) atoms. The molecule has 0 bridgehead atoms. The molecule has 0 saturated carbocycles. The van der Waals surface area contributed by atoms with Crippen LogP contribution in [0.3, 0.4) is 0 Å². The maximum absolute atomic E-state index is 13.1. The lowest BCUT2D eigenvalue weighted by Crippen LogP contribution is -2.13. The maximum atomic E-state index is 13.1. The minimum Gasteiger partial charge on any atom is -0.347 e. The highest BCUT2D eigenvalue weighted by atomic mass is 32.2. The largest absolute Gasteiger partial charge is 0.416 e. The molecule has 1 N–H and O–H groups in total. The van der Waals surface area contributed by atoms with E-state index in [1.54, 1.807) is 30.4 Å². The summed E-state index contributed by atoms with van der Waals surface area (Å²) in [6.45, 7) is 2.64. The van der Waals surface area contributed by atoms with Crippen molar-refractivity contribution in [2.24, 2.45) is 0 Å². The summed E-state index contributed by atoms with van der Waals surface area (Å²) >= 11 is 1.60. The van der Waals surface area contributed by atoms with Gasteiger partial charge >= 0.3 is 6.18 Å². The summed E-state index contributed by atoms with van der Waals surface area (Å²) in [5.74, 6) is 0.256. The predicted molar refractivity (Wildman–Crippen MR) is 121 cm³/mol. The number of carbonyl (C=O) groups is 1. The Kier molecular flexibility index (Phi) is 6.23. The molecule has 0 fully saturated rings. The number of carbonyl (C=O) groups excluding carboxylic acids is 1. The fourth-order valence-electron chi connectivity index (χ4n) is 3.49. The molecular formula is C24H20F3N3OS. The molecule has 2 heterocycles. The molecule has 0 aliphatic rings. The molecule has 0 unspecified atom stereocenters. The van der Waals surface area contributed by atoms with Crippen LogP contribution in [0.5, 0.6) is 0 Å². The lowest BCUT2D eigenvalue weighted by atomic mass is 10.1. The third-order valence-electron chi connectivity index (χ3n) is 5.04. The SMILES string of the molecule is CCn1cc(C(=O)Nc2cccc(C(F)(F)F)c2)c2c(SCc3ccncc3)cccc21. The second-order valence-corrected chi connectivity index (χ2v) is 8.17. The van der Waals surface area contributed by atoms with Crippen molar-refractivity contribution in [2.45, 2.75) is 30.3 Å². The van der Waals surface area contributed by atoms with Gasteiger partial charge in [0.15, 0.2) is 0 Å². The van der Waals surface area contributed by atoms with Crippen molar-refractivity contribution in [1.29, 1.82) is 0 Å². The zero-order chi connectivity index (χ0) is 22.7. The summed E-state index contributed by atoms with van der Waals surface area (Å²) in [6.07, 6.45) is 0.746. The van der Waals surface area contributed by atoms with Gasteiger partial charge in [-0.1, -0.05) is 12.1 Å². The number of nitrogens with one attached hydrogen (secondary N) is 1.